The SMILES string of the molecule is CCc1nc(Nc2cc(C(N)=O)c(N)cn2)sc1C. The predicted molar refractivity (Wildman–Crippen MR) is 76.7 cm³/mol. The van der Waals surface area contributed by atoms with E-state index >= 15 is 0 Å². The second-order valence-electron chi connectivity index (χ2n) is 4.02. The number of rotatable bonds is 4. The average Bonchev–Trinajstić information content (AvgIpc) is 2.71. The summed E-state index contributed by atoms with van der Waals surface area (Å²) in [6.07, 6.45) is 2.29. The zero-order chi connectivity index (χ0) is 14.0. The van der Waals surface area contributed by atoms with Gasteiger partial charge in [-0.1, -0.05) is 6.92 Å². The average molecular weight is 277 g/mol. The third-order valence-corrected chi connectivity index (χ3v) is 3.59. The Balaban J connectivity index is 2.28. The van der Waals surface area contributed by atoms with E-state index in [1.165, 1.54) is 12.3 Å². The van der Waals surface area contributed by atoms with Gasteiger partial charge in [-0.3, -0.25) is 4.79 Å². The van der Waals surface area contributed by atoms with Gasteiger partial charge in [-0.05, 0) is 19.4 Å². The van der Waals surface area contributed by atoms with Crippen LogP contribution < -0.4 is 16.8 Å². The van der Waals surface area contributed by atoms with Crippen LogP contribution in [0.15, 0.2) is 12.3 Å². The number of pyridine rings is 1. The van der Waals surface area contributed by atoms with Crippen LogP contribution in [0.3, 0.4) is 0 Å². The van der Waals surface area contributed by atoms with Crippen molar-refractivity contribution in [2.75, 3.05) is 11.1 Å². The van der Waals surface area contributed by atoms with E-state index in [9.17, 15) is 4.79 Å². The van der Waals surface area contributed by atoms with Gasteiger partial charge in [0.2, 0.25) is 0 Å². The van der Waals surface area contributed by atoms with Gasteiger partial charge in [-0.25, -0.2) is 9.97 Å². The molecule has 2 heterocycles. The lowest BCUT2D eigenvalue weighted by Crippen LogP contribution is -2.14. The number of carbonyl (C=O) groups is 1. The van der Waals surface area contributed by atoms with E-state index in [0.717, 1.165) is 22.1 Å². The van der Waals surface area contributed by atoms with Crippen molar-refractivity contribution in [3.05, 3.63) is 28.4 Å². The van der Waals surface area contributed by atoms with Crippen molar-refractivity contribution in [2.24, 2.45) is 5.73 Å². The van der Waals surface area contributed by atoms with Crippen molar-refractivity contribution in [1.29, 1.82) is 0 Å². The number of nitrogens with one attached hydrogen (secondary N) is 1. The smallest absolute Gasteiger partial charge is 0.250 e. The maximum Gasteiger partial charge on any atom is 0.250 e. The van der Waals surface area contributed by atoms with Gasteiger partial charge >= 0.3 is 0 Å². The molecule has 6 nitrogen and oxygen atoms in total. The van der Waals surface area contributed by atoms with Crippen LogP contribution >= 0.6 is 11.3 Å². The summed E-state index contributed by atoms with van der Waals surface area (Å²) in [6.45, 7) is 4.07. The molecule has 0 aromatic carbocycles. The molecule has 0 bridgehead atoms. The first-order chi connectivity index (χ1) is 9.01. The van der Waals surface area contributed by atoms with Crippen molar-refractivity contribution in [2.45, 2.75) is 20.3 Å². The maximum absolute atomic E-state index is 11.2. The summed E-state index contributed by atoms with van der Waals surface area (Å²) in [7, 11) is 0. The summed E-state index contributed by atoms with van der Waals surface area (Å²) < 4.78 is 0. The van der Waals surface area contributed by atoms with Crippen LogP contribution in [0.5, 0.6) is 0 Å². The van der Waals surface area contributed by atoms with E-state index in [2.05, 4.69) is 22.2 Å². The van der Waals surface area contributed by atoms with Crippen LogP contribution in [-0.4, -0.2) is 15.9 Å². The highest BCUT2D eigenvalue weighted by Crippen LogP contribution is 2.25. The van der Waals surface area contributed by atoms with E-state index in [-0.39, 0.29) is 11.3 Å². The van der Waals surface area contributed by atoms with E-state index in [1.54, 1.807) is 11.3 Å². The first kappa shape index (κ1) is 13.3. The molecule has 100 valence electrons. The Morgan fingerprint density at radius 3 is 2.84 bits per heavy atom. The van der Waals surface area contributed by atoms with Gasteiger partial charge in [0.25, 0.3) is 5.91 Å². The number of anilines is 3. The summed E-state index contributed by atoms with van der Waals surface area (Å²) in [4.78, 5) is 20.9. The Morgan fingerprint density at radius 1 is 1.53 bits per heavy atom. The number of primary amides is 1. The fraction of sp³-hybridized carbons (Fsp3) is 0.250. The fourth-order valence-corrected chi connectivity index (χ4v) is 2.58. The normalized spacial score (nSPS) is 10.4. The quantitative estimate of drug-likeness (QED) is 0.790. The molecule has 19 heavy (non-hydrogen) atoms. The second kappa shape index (κ2) is 5.23. The molecule has 2 aromatic rings. The molecule has 7 heteroatoms. The molecule has 0 aliphatic heterocycles. The third-order valence-electron chi connectivity index (χ3n) is 2.66. The predicted octanol–water partition coefficient (Wildman–Crippen LogP) is 1.83. The zero-order valence-electron chi connectivity index (χ0n) is 10.7. The number of aryl methyl sites for hydroxylation is 2. The van der Waals surface area contributed by atoms with Crippen molar-refractivity contribution >= 4 is 33.9 Å². The van der Waals surface area contributed by atoms with E-state index in [1.807, 2.05) is 6.92 Å². The molecule has 0 aliphatic carbocycles. The molecule has 1 amide bonds. The molecule has 0 saturated carbocycles. The number of nitrogens with zero attached hydrogens (tertiary/aromatic N) is 2. The van der Waals surface area contributed by atoms with E-state index in [4.69, 9.17) is 11.5 Å². The zero-order valence-corrected chi connectivity index (χ0v) is 11.5. The minimum absolute atomic E-state index is 0.251. The van der Waals surface area contributed by atoms with Crippen molar-refractivity contribution < 1.29 is 4.79 Å². The minimum Gasteiger partial charge on any atom is -0.397 e. The first-order valence-corrected chi connectivity index (χ1v) is 6.61. The molecule has 0 unspecified atom stereocenters. The van der Waals surface area contributed by atoms with Gasteiger partial charge in [-0.15, -0.1) is 11.3 Å². The highest BCUT2D eigenvalue weighted by Gasteiger charge is 2.10. The Hall–Kier alpha value is -2.15. The molecule has 0 aliphatic rings. The van der Waals surface area contributed by atoms with Crippen molar-refractivity contribution in [3.8, 4) is 0 Å². The summed E-state index contributed by atoms with van der Waals surface area (Å²) in [5.41, 5.74) is 12.4. The van der Waals surface area contributed by atoms with Crippen LogP contribution in [0, 0.1) is 6.92 Å². The standard InChI is InChI=1S/C12H15N5OS/c1-3-9-6(2)19-12(16-9)17-10-4-7(11(14)18)8(13)5-15-10/h4-5H,3,13H2,1-2H3,(H2,14,18)(H,15,16,17). The van der Waals surface area contributed by atoms with E-state index in [0.29, 0.717) is 5.82 Å². The lowest BCUT2D eigenvalue weighted by molar-refractivity contribution is 0.100. The lowest BCUT2D eigenvalue weighted by Gasteiger charge is -2.05. The second-order valence-corrected chi connectivity index (χ2v) is 5.22. The van der Waals surface area contributed by atoms with Gasteiger partial charge in [-0.2, -0.15) is 0 Å². The lowest BCUT2D eigenvalue weighted by atomic mass is 10.2. The minimum atomic E-state index is -0.576. The Bertz CT molecular complexity index is 623. The van der Waals surface area contributed by atoms with Crippen molar-refractivity contribution in [1.82, 2.24) is 9.97 Å². The Morgan fingerprint density at radius 2 is 2.26 bits per heavy atom. The highest BCUT2D eigenvalue weighted by atomic mass is 32.1. The maximum atomic E-state index is 11.2. The summed E-state index contributed by atoms with van der Waals surface area (Å²) in [6, 6.07) is 1.53. The summed E-state index contributed by atoms with van der Waals surface area (Å²) in [5.74, 6) is -0.0769. The van der Waals surface area contributed by atoms with Gasteiger partial charge in [0.15, 0.2) is 5.13 Å². The number of nitrogens with two attached hydrogens (primary N) is 2. The number of thiazole rings is 1. The summed E-state index contributed by atoms with van der Waals surface area (Å²) in [5, 5.41) is 3.79. The Labute approximate surface area is 114 Å². The largest absolute Gasteiger partial charge is 0.397 e. The van der Waals surface area contributed by atoms with Crippen LogP contribution in [0.25, 0.3) is 0 Å². The van der Waals surface area contributed by atoms with Crippen LogP contribution in [0.4, 0.5) is 16.6 Å². The number of aromatic nitrogens is 2. The van der Waals surface area contributed by atoms with Crippen LogP contribution in [0.1, 0.15) is 27.9 Å². The molecule has 0 saturated heterocycles. The monoisotopic (exact) mass is 277 g/mol. The van der Waals surface area contributed by atoms with Gasteiger partial charge < -0.3 is 16.8 Å². The van der Waals surface area contributed by atoms with Crippen molar-refractivity contribution in [3.63, 3.8) is 0 Å². The molecular weight excluding hydrogens is 262 g/mol. The highest BCUT2D eigenvalue weighted by molar-refractivity contribution is 7.15. The van der Waals surface area contributed by atoms with Gasteiger partial charge in [0.05, 0.1) is 23.1 Å². The molecule has 0 spiro atoms. The number of amides is 1. The number of nitrogen functional groups attached to an aromatic ring is 1. The number of hydrogen-bond donors (Lipinski definition) is 3. The fourth-order valence-electron chi connectivity index (χ4n) is 1.67. The molecule has 2 aromatic heterocycles. The number of hydrogen-bond acceptors (Lipinski definition) is 6. The molecule has 0 radical (unpaired) electrons. The molecular formula is C12H15N5OS. The molecule has 0 fully saturated rings. The van der Waals surface area contributed by atoms with E-state index < -0.39 is 5.91 Å². The van der Waals surface area contributed by atoms with Gasteiger partial charge in [0.1, 0.15) is 5.82 Å². The topological polar surface area (TPSA) is 107 Å². The summed E-state index contributed by atoms with van der Waals surface area (Å²) >= 11 is 1.54. The third kappa shape index (κ3) is 2.82. The molecule has 5 N–H and O–H groups in total. The Kier molecular flexibility index (Phi) is 3.66. The first-order valence-electron chi connectivity index (χ1n) is 5.80. The molecule has 0 atom stereocenters. The van der Waals surface area contributed by atoms with Gasteiger partial charge in [0, 0.05) is 4.88 Å². The molecule has 2 rings (SSSR count). The number of carbonyl (C=O) groups excluding carboxylic acids is 1. The van der Waals surface area contributed by atoms with Crippen LogP contribution in [0.2, 0.25) is 0 Å². The van der Waals surface area contributed by atoms with Crippen LogP contribution in [-0.2, 0) is 6.42 Å².